The number of ether oxygens (including phenoxy) is 2. The van der Waals surface area contributed by atoms with Crippen LogP contribution in [0.1, 0.15) is 33.3 Å². The van der Waals surface area contributed by atoms with Crippen molar-refractivity contribution in [3.05, 3.63) is 35.4 Å². The Bertz CT molecular complexity index is 574. The highest BCUT2D eigenvalue weighted by Gasteiger charge is 2.35. The van der Waals surface area contributed by atoms with Crippen molar-refractivity contribution in [2.75, 3.05) is 13.2 Å². The summed E-state index contributed by atoms with van der Waals surface area (Å²) in [5, 5.41) is 13.8. The number of rotatable bonds is 6. The van der Waals surface area contributed by atoms with Gasteiger partial charge in [0.05, 0.1) is 31.4 Å². The second-order valence-electron chi connectivity index (χ2n) is 8.27. The molecule has 5 atom stereocenters. The Hall–Kier alpha value is -1.12. The second kappa shape index (κ2) is 8.71. The lowest BCUT2D eigenvalue weighted by molar-refractivity contribution is -0.200. The van der Waals surface area contributed by atoms with E-state index in [0.29, 0.717) is 12.2 Å². The van der Waals surface area contributed by atoms with Crippen molar-refractivity contribution in [2.24, 2.45) is 11.1 Å². The van der Waals surface area contributed by atoms with Gasteiger partial charge in [-0.05, 0) is 36.5 Å². The maximum atomic E-state index is 13.3. The van der Waals surface area contributed by atoms with Crippen molar-refractivity contribution in [2.45, 2.75) is 64.6 Å². The highest BCUT2D eigenvalue weighted by Crippen LogP contribution is 2.19. The maximum absolute atomic E-state index is 13.3. The zero-order chi connectivity index (χ0) is 19.5. The van der Waals surface area contributed by atoms with E-state index < -0.39 is 30.1 Å². The van der Waals surface area contributed by atoms with Crippen LogP contribution in [0.25, 0.3) is 0 Å². The van der Waals surface area contributed by atoms with E-state index in [9.17, 15) is 13.9 Å². The minimum Gasteiger partial charge on any atom is -0.390 e. The molecule has 1 heterocycles. The zero-order valence-corrected chi connectivity index (χ0v) is 15.8. The smallest absolute Gasteiger partial charge is 0.172 e. The minimum absolute atomic E-state index is 0.0298. The first kappa shape index (κ1) is 21.2. The summed E-state index contributed by atoms with van der Waals surface area (Å²) in [7, 11) is 0. The SMILES string of the molecule is C[C@@H]1N[C@@H]([C@@H](O)[C@@H](N)Cc2cc(F)cc(F)c2)CO[C@H]1OCC(C)(C)C. The summed E-state index contributed by atoms with van der Waals surface area (Å²) in [6.45, 7) is 8.95. The molecule has 1 fully saturated rings. The van der Waals surface area contributed by atoms with Gasteiger partial charge in [0.1, 0.15) is 11.6 Å². The summed E-state index contributed by atoms with van der Waals surface area (Å²) in [4.78, 5) is 0. The van der Waals surface area contributed by atoms with Crippen molar-refractivity contribution >= 4 is 0 Å². The summed E-state index contributed by atoms with van der Waals surface area (Å²) < 4.78 is 38.1. The van der Waals surface area contributed by atoms with Crippen LogP contribution in [0.15, 0.2) is 18.2 Å². The topological polar surface area (TPSA) is 76.7 Å². The monoisotopic (exact) mass is 372 g/mol. The van der Waals surface area contributed by atoms with Gasteiger partial charge in [0.25, 0.3) is 0 Å². The van der Waals surface area contributed by atoms with Crippen LogP contribution in [0.5, 0.6) is 0 Å². The number of nitrogens with two attached hydrogens (primary N) is 1. The highest BCUT2D eigenvalue weighted by atomic mass is 19.1. The van der Waals surface area contributed by atoms with Gasteiger partial charge < -0.3 is 25.6 Å². The molecule has 5 nitrogen and oxygen atoms in total. The van der Waals surface area contributed by atoms with Crippen LogP contribution in [0.4, 0.5) is 8.78 Å². The number of halogens is 2. The Labute approximate surface area is 153 Å². The third kappa shape index (κ3) is 6.25. The Kier molecular flexibility index (Phi) is 7.10. The van der Waals surface area contributed by atoms with Crippen LogP contribution in [0, 0.1) is 17.0 Å². The molecule has 0 bridgehead atoms. The van der Waals surface area contributed by atoms with Gasteiger partial charge in [-0.1, -0.05) is 20.8 Å². The molecule has 2 rings (SSSR count). The predicted octanol–water partition coefficient (Wildman–Crippen LogP) is 1.96. The number of nitrogens with one attached hydrogen (secondary N) is 1. The van der Waals surface area contributed by atoms with Gasteiger partial charge in [0.2, 0.25) is 0 Å². The highest BCUT2D eigenvalue weighted by molar-refractivity contribution is 5.19. The fourth-order valence-corrected chi connectivity index (χ4v) is 2.95. The number of hydrogen-bond acceptors (Lipinski definition) is 5. The molecule has 0 unspecified atom stereocenters. The molecule has 1 aliphatic rings. The summed E-state index contributed by atoms with van der Waals surface area (Å²) in [5.74, 6) is -1.32. The molecule has 0 aliphatic carbocycles. The molecule has 1 saturated heterocycles. The molecule has 0 saturated carbocycles. The molecule has 26 heavy (non-hydrogen) atoms. The molecule has 148 valence electrons. The number of aliphatic hydroxyl groups is 1. The molecule has 0 aromatic heterocycles. The van der Waals surface area contributed by atoms with Gasteiger partial charge in [-0.15, -0.1) is 0 Å². The summed E-state index contributed by atoms with van der Waals surface area (Å²) in [5.41, 5.74) is 6.49. The predicted molar refractivity (Wildman–Crippen MR) is 95.6 cm³/mol. The largest absolute Gasteiger partial charge is 0.390 e. The van der Waals surface area contributed by atoms with E-state index in [1.54, 1.807) is 0 Å². The molecule has 0 spiro atoms. The van der Waals surface area contributed by atoms with Crippen LogP contribution in [-0.4, -0.2) is 48.8 Å². The van der Waals surface area contributed by atoms with E-state index >= 15 is 0 Å². The number of benzene rings is 1. The number of morpholine rings is 1. The molecule has 1 aromatic carbocycles. The lowest BCUT2D eigenvalue weighted by atomic mass is 9.96. The van der Waals surface area contributed by atoms with E-state index in [4.69, 9.17) is 15.2 Å². The normalized spacial score (nSPS) is 26.5. The zero-order valence-electron chi connectivity index (χ0n) is 15.8. The van der Waals surface area contributed by atoms with Crippen molar-refractivity contribution in [1.29, 1.82) is 0 Å². The Morgan fingerprint density at radius 2 is 1.92 bits per heavy atom. The van der Waals surface area contributed by atoms with Gasteiger partial charge in [-0.25, -0.2) is 8.78 Å². The maximum Gasteiger partial charge on any atom is 0.172 e. The average molecular weight is 372 g/mol. The van der Waals surface area contributed by atoms with E-state index in [1.807, 2.05) is 6.92 Å². The third-order valence-corrected chi connectivity index (χ3v) is 4.25. The molecule has 7 heteroatoms. The van der Waals surface area contributed by atoms with Crippen LogP contribution in [-0.2, 0) is 15.9 Å². The van der Waals surface area contributed by atoms with Crippen LogP contribution >= 0.6 is 0 Å². The van der Waals surface area contributed by atoms with E-state index in [0.717, 1.165) is 6.07 Å². The Balaban J connectivity index is 1.88. The van der Waals surface area contributed by atoms with Gasteiger partial charge in [0, 0.05) is 12.1 Å². The Morgan fingerprint density at radius 1 is 1.31 bits per heavy atom. The fraction of sp³-hybridized carbons (Fsp3) is 0.684. The van der Waals surface area contributed by atoms with E-state index in [1.165, 1.54) is 12.1 Å². The molecule has 1 aliphatic heterocycles. The molecule has 0 amide bonds. The van der Waals surface area contributed by atoms with Gasteiger partial charge in [-0.3, -0.25) is 0 Å². The first-order chi connectivity index (χ1) is 12.0. The van der Waals surface area contributed by atoms with Gasteiger partial charge in [-0.2, -0.15) is 0 Å². The van der Waals surface area contributed by atoms with Crippen molar-refractivity contribution in [1.82, 2.24) is 5.32 Å². The standard InChI is InChI=1S/C19H30F2N2O3/c1-11-18(26-10-19(2,3)4)25-9-16(23-11)17(24)15(22)7-12-5-13(20)8-14(21)6-12/h5-6,8,11,15-18,23-24H,7,9-10,22H2,1-4H3/t11-,15-,16+,17-,18-/m0/s1. The van der Waals surface area contributed by atoms with Crippen LogP contribution in [0.3, 0.4) is 0 Å². The second-order valence-corrected chi connectivity index (χ2v) is 8.27. The minimum atomic E-state index is -0.924. The lowest BCUT2D eigenvalue weighted by Crippen LogP contribution is -2.61. The molecule has 4 N–H and O–H groups in total. The van der Waals surface area contributed by atoms with E-state index in [-0.39, 0.29) is 30.5 Å². The van der Waals surface area contributed by atoms with Gasteiger partial charge >= 0.3 is 0 Å². The van der Waals surface area contributed by atoms with Crippen LogP contribution in [0.2, 0.25) is 0 Å². The van der Waals surface area contributed by atoms with Crippen molar-refractivity contribution < 1.29 is 23.4 Å². The first-order valence-electron chi connectivity index (χ1n) is 8.93. The Morgan fingerprint density at radius 3 is 2.46 bits per heavy atom. The molecule has 1 aromatic rings. The molecular weight excluding hydrogens is 342 g/mol. The summed E-state index contributed by atoms with van der Waals surface area (Å²) in [6, 6.07) is 2.06. The fourth-order valence-electron chi connectivity index (χ4n) is 2.95. The average Bonchev–Trinajstić information content (AvgIpc) is 2.51. The van der Waals surface area contributed by atoms with Crippen molar-refractivity contribution in [3.8, 4) is 0 Å². The van der Waals surface area contributed by atoms with Gasteiger partial charge in [0.15, 0.2) is 6.29 Å². The number of aliphatic hydroxyl groups excluding tert-OH is 1. The third-order valence-electron chi connectivity index (χ3n) is 4.25. The van der Waals surface area contributed by atoms with E-state index in [2.05, 4.69) is 26.1 Å². The summed E-state index contributed by atoms with van der Waals surface area (Å²) >= 11 is 0. The quantitative estimate of drug-likeness (QED) is 0.712. The van der Waals surface area contributed by atoms with Crippen LogP contribution < -0.4 is 11.1 Å². The summed E-state index contributed by atoms with van der Waals surface area (Å²) in [6.07, 6.45) is -1.16. The lowest BCUT2D eigenvalue weighted by Gasteiger charge is -2.39. The molecule has 0 radical (unpaired) electrons. The number of hydrogen-bond donors (Lipinski definition) is 3. The molecular formula is C19H30F2N2O3. The van der Waals surface area contributed by atoms with Crippen molar-refractivity contribution in [3.63, 3.8) is 0 Å². The first-order valence-corrected chi connectivity index (χ1v) is 8.93.